The second-order valence-electron chi connectivity index (χ2n) is 6.20. The van der Waals surface area contributed by atoms with Crippen molar-refractivity contribution in [3.05, 3.63) is 63.5 Å². The van der Waals surface area contributed by atoms with E-state index in [2.05, 4.69) is 4.74 Å². The van der Waals surface area contributed by atoms with Crippen molar-refractivity contribution in [2.75, 3.05) is 11.9 Å². The summed E-state index contributed by atoms with van der Waals surface area (Å²) in [6.07, 6.45) is -5.10. The first kappa shape index (κ1) is 22.9. The Morgan fingerprint density at radius 3 is 2.23 bits per heavy atom. The lowest BCUT2D eigenvalue weighted by Gasteiger charge is -2.23. The van der Waals surface area contributed by atoms with Gasteiger partial charge in [-0.15, -0.1) is 0 Å². The Kier molecular flexibility index (Phi) is 6.25. The van der Waals surface area contributed by atoms with Gasteiger partial charge < -0.3 is 15.2 Å². The molecule has 1 amide bonds. The number of nitro groups is 1. The van der Waals surface area contributed by atoms with Gasteiger partial charge in [-0.2, -0.15) is 13.2 Å². The zero-order valence-electron chi connectivity index (χ0n) is 14.9. The van der Waals surface area contributed by atoms with Crippen molar-refractivity contribution in [3.8, 4) is 5.75 Å². The number of amides is 1. The molecule has 0 radical (unpaired) electrons. The van der Waals surface area contributed by atoms with E-state index in [-0.39, 0.29) is 6.07 Å². The van der Waals surface area contributed by atoms with E-state index < -0.39 is 69.4 Å². The molecule has 13 heteroatoms. The minimum absolute atomic E-state index is 0.284. The van der Waals surface area contributed by atoms with Crippen LogP contribution >= 0.6 is 0 Å². The van der Waals surface area contributed by atoms with Crippen molar-refractivity contribution < 1.29 is 45.9 Å². The van der Waals surface area contributed by atoms with Crippen molar-refractivity contribution >= 4 is 17.3 Å². The summed E-state index contributed by atoms with van der Waals surface area (Å²) in [6, 6.07) is 2.17. The molecule has 2 aromatic rings. The number of ether oxygens (including phenoxy) is 1. The Morgan fingerprint density at radius 1 is 1.17 bits per heavy atom. The Bertz CT molecular complexity index is 970. The number of aliphatic hydroxyl groups is 1. The lowest BCUT2D eigenvalue weighted by atomic mass is 10.1. The molecule has 0 bridgehead atoms. The van der Waals surface area contributed by atoms with Gasteiger partial charge in [0.15, 0.2) is 23.0 Å². The molecule has 2 N–H and O–H groups in total. The van der Waals surface area contributed by atoms with Gasteiger partial charge in [0.05, 0.1) is 4.92 Å². The third-order valence-corrected chi connectivity index (χ3v) is 3.71. The molecule has 162 valence electrons. The van der Waals surface area contributed by atoms with Crippen LogP contribution in [-0.4, -0.2) is 28.1 Å². The highest BCUT2D eigenvalue weighted by atomic mass is 19.4. The molecule has 0 spiro atoms. The zero-order chi connectivity index (χ0) is 22.9. The fraction of sp³-hybridized carbons (Fsp3) is 0.235. The maximum absolute atomic E-state index is 13.5. The van der Waals surface area contributed by atoms with E-state index >= 15 is 0 Å². The Hall–Kier alpha value is -3.35. The number of carbonyl (C=O) groups excluding carboxylic acids is 1. The topological polar surface area (TPSA) is 102 Å². The predicted molar refractivity (Wildman–Crippen MR) is 89.2 cm³/mol. The molecule has 7 nitrogen and oxygen atoms in total. The zero-order valence-corrected chi connectivity index (χ0v) is 14.9. The molecule has 0 unspecified atom stereocenters. The summed E-state index contributed by atoms with van der Waals surface area (Å²) in [5, 5.41) is 22.8. The number of hydrogen-bond acceptors (Lipinski definition) is 5. The molecule has 0 aliphatic heterocycles. The average molecular weight is 438 g/mol. The molecular formula is C17H12F6N2O5. The number of carbonyl (C=O) groups is 1. The minimum atomic E-state index is -5.10. The van der Waals surface area contributed by atoms with E-state index in [0.717, 1.165) is 13.0 Å². The lowest BCUT2D eigenvalue weighted by molar-refractivity contribution is -0.388. The summed E-state index contributed by atoms with van der Waals surface area (Å²) in [4.78, 5) is 21.6. The van der Waals surface area contributed by atoms with Crippen molar-refractivity contribution in [2.24, 2.45) is 0 Å². The third kappa shape index (κ3) is 5.17. The molecule has 2 rings (SSSR count). The largest absolute Gasteiger partial charge is 0.484 e. The summed E-state index contributed by atoms with van der Waals surface area (Å²) in [6.45, 7) is -0.227. The van der Waals surface area contributed by atoms with Crippen LogP contribution in [0.1, 0.15) is 12.5 Å². The summed E-state index contributed by atoms with van der Waals surface area (Å²) in [7, 11) is 0. The predicted octanol–water partition coefficient (Wildman–Crippen LogP) is 3.80. The highest BCUT2D eigenvalue weighted by Crippen LogP contribution is 2.37. The van der Waals surface area contributed by atoms with Crippen LogP contribution in [0.2, 0.25) is 0 Å². The summed E-state index contributed by atoms with van der Waals surface area (Å²) in [5.74, 6) is -6.56. The van der Waals surface area contributed by atoms with Gasteiger partial charge in [-0.1, -0.05) is 0 Å². The van der Waals surface area contributed by atoms with Crippen molar-refractivity contribution in [1.29, 1.82) is 0 Å². The molecule has 0 aliphatic carbocycles. The van der Waals surface area contributed by atoms with Crippen LogP contribution in [0.25, 0.3) is 0 Å². The molecule has 0 aromatic heterocycles. The first-order valence-corrected chi connectivity index (χ1v) is 7.89. The normalized spacial score (nSPS) is 13.5. The van der Waals surface area contributed by atoms with Crippen LogP contribution in [-0.2, 0) is 11.0 Å². The molecule has 1 atom stereocenters. The first-order valence-electron chi connectivity index (χ1n) is 7.89. The lowest BCUT2D eigenvalue weighted by Crippen LogP contribution is -2.45. The summed E-state index contributed by atoms with van der Waals surface area (Å²) < 4.78 is 83.6. The van der Waals surface area contributed by atoms with E-state index in [0.29, 0.717) is 18.2 Å². The van der Waals surface area contributed by atoms with Crippen molar-refractivity contribution in [3.63, 3.8) is 0 Å². The monoisotopic (exact) mass is 438 g/mol. The highest BCUT2D eigenvalue weighted by Gasteiger charge is 2.39. The van der Waals surface area contributed by atoms with Gasteiger partial charge in [-0.3, -0.25) is 14.9 Å². The summed E-state index contributed by atoms with van der Waals surface area (Å²) in [5.41, 5.74) is -5.94. The highest BCUT2D eigenvalue weighted by molar-refractivity contribution is 5.97. The number of benzene rings is 2. The van der Waals surface area contributed by atoms with Gasteiger partial charge in [0.2, 0.25) is 0 Å². The maximum atomic E-state index is 13.5. The maximum Gasteiger partial charge on any atom is 0.423 e. The van der Waals surface area contributed by atoms with E-state index in [1.54, 1.807) is 0 Å². The minimum Gasteiger partial charge on any atom is -0.484 e. The second kappa shape index (κ2) is 8.18. The van der Waals surface area contributed by atoms with Crippen LogP contribution in [0.4, 0.5) is 37.7 Å². The molecule has 0 aliphatic rings. The summed E-state index contributed by atoms with van der Waals surface area (Å²) >= 11 is 0. The van der Waals surface area contributed by atoms with Crippen LogP contribution in [0.3, 0.4) is 0 Å². The third-order valence-electron chi connectivity index (χ3n) is 3.71. The molecule has 2 aromatic carbocycles. The first-order chi connectivity index (χ1) is 13.7. The molecule has 0 heterocycles. The number of alkyl halides is 3. The smallest absolute Gasteiger partial charge is 0.423 e. The number of halogens is 6. The average Bonchev–Trinajstić information content (AvgIpc) is 2.59. The standard InChI is InChI=1S/C17H12F6N2O5/c1-16(27,7-30-14-11(19)4-8(18)5-12(14)20)15(26)24-9-2-3-13(25(28)29)10(6-9)17(21,22)23/h2-6,27H,7H2,1H3,(H,24,26)/t16-/m0/s1. The molecule has 0 saturated heterocycles. The van der Waals surface area contributed by atoms with E-state index in [9.17, 15) is 46.4 Å². The molecule has 30 heavy (non-hydrogen) atoms. The van der Waals surface area contributed by atoms with Crippen LogP contribution in [0, 0.1) is 27.6 Å². The van der Waals surface area contributed by atoms with Crippen molar-refractivity contribution in [2.45, 2.75) is 18.7 Å². The van der Waals surface area contributed by atoms with Crippen LogP contribution in [0.15, 0.2) is 30.3 Å². The number of hydrogen-bond donors (Lipinski definition) is 2. The van der Waals surface area contributed by atoms with Gasteiger partial charge in [0.1, 0.15) is 18.0 Å². The van der Waals surface area contributed by atoms with Gasteiger partial charge >= 0.3 is 6.18 Å². The van der Waals surface area contributed by atoms with Gasteiger partial charge in [0, 0.05) is 23.9 Å². The van der Waals surface area contributed by atoms with Crippen LogP contribution in [0.5, 0.6) is 5.75 Å². The van der Waals surface area contributed by atoms with Crippen LogP contribution < -0.4 is 10.1 Å². The van der Waals surface area contributed by atoms with Gasteiger partial charge in [0.25, 0.3) is 11.6 Å². The molecule has 0 saturated carbocycles. The molecule has 0 fully saturated rings. The Labute approximate surface area is 164 Å². The fourth-order valence-electron chi connectivity index (χ4n) is 2.21. The Balaban J connectivity index is 2.19. The number of rotatable bonds is 6. The van der Waals surface area contributed by atoms with E-state index in [1.807, 2.05) is 5.32 Å². The second-order valence-corrected chi connectivity index (χ2v) is 6.20. The van der Waals surface area contributed by atoms with Gasteiger partial charge in [-0.25, -0.2) is 13.2 Å². The Morgan fingerprint density at radius 2 is 1.73 bits per heavy atom. The van der Waals surface area contributed by atoms with Gasteiger partial charge in [-0.05, 0) is 19.1 Å². The van der Waals surface area contributed by atoms with E-state index in [4.69, 9.17) is 0 Å². The van der Waals surface area contributed by atoms with E-state index in [1.165, 1.54) is 0 Å². The molecular weight excluding hydrogens is 426 g/mol. The quantitative estimate of drug-likeness (QED) is 0.406. The number of nitrogens with one attached hydrogen (secondary N) is 1. The number of nitro benzene ring substituents is 1. The van der Waals surface area contributed by atoms with Crippen molar-refractivity contribution in [1.82, 2.24) is 0 Å². The number of anilines is 1. The SMILES string of the molecule is C[C@](O)(COc1c(F)cc(F)cc1F)C(=O)Nc1ccc([N+](=O)[O-])c(C(F)(F)F)c1. The number of nitrogens with zero attached hydrogens (tertiary/aromatic N) is 1. The fourth-order valence-corrected chi connectivity index (χ4v) is 2.21.